The zero-order valence-electron chi connectivity index (χ0n) is 16.5. The van der Waals surface area contributed by atoms with Gasteiger partial charge in [-0.2, -0.15) is 0 Å². The second kappa shape index (κ2) is 25.2. The minimum absolute atomic E-state index is 0.00402. The van der Waals surface area contributed by atoms with Gasteiger partial charge in [0.2, 0.25) is 0 Å². The number of ether oxygens (including phenoxy) is 2. The molecule has 1 aromatic heterocycles. The summed E-state index contributed by atoms with van der Waals surface area (Å²) in [6, 6.07) is 3.82. The van der Waals surface area contributed by atoms with E-state index in [1.165, 1.54) is 19.4 Å². The summed E-state index contributed by atoms with van der Waals surface area (Å²) in [5, 5.41) is 0. The van der Waals surface area contributed by atoms with E-state index in [9.17, 15) is 4.79 Å². The Bertz CT molecular complexity index is 636. The van der Waals surface area contributed by atoms with Crippen LogP contribution in [0.1, 0.15) is 25.0 Å². The fourth-order valence-electron chi connectivity index (χ4n) is 3.07. The summed E-state index contributed by atoms with van der Waals surface area (Å²) in [6.07, 6.45) is 2.18. The number of methoxy groups -OCH3 is 2. The van der Waals surface area contributed by atoms with Crippen molar-refractivity contribution in [1.29, 1.82) is 0 Å². The van der Waals surface area contributed by atoms with E-state index in [4.69, 9.17) is 37.2 Å². The van der Waals surface area contributed by atoms with Gasteiger partial charge in [0.05, 0.1) is 0 Å². The molecule has 0 bridgehead atoms. The third-order valence-corrected chi connectivity index (χ3v) is 5.78. The summed E-state index contributed by atoms with van der Waals surface area (Å²) >= 11 is 1.30. The molecule has 0 amide bonds. The number of furan rings is 1. The van der Waals surface area contributed by atoms with Crippen LogP contribution in [-0.4, -0.2) is 30.7 Å². The molecule has 0 aromatic carbocycles. The van der Waals surface area contributed by atoms with E-state index in [0.29, 0.717) is 13.0 Å². The van der Waals surface area contributed by atoms with Crippen LogP contribution in [0, 0.1) is 51.0 Å². The van der Waals surface area contributed by atoms with Crippen molar-refractivity contribution in [2.75, 3.05) is 20.8 Å². The molecule has 2 rings (SSSR count). The standard InChI is InChI=1S/C15H20O4.5CO.W/c1-10-12(8-17-2)13(9-18-3)11(7-14(10)16)15-5-4-6-19-15;5*1-2;/h4-6,10-13H,7-8H2,1-3H3;;;;;;/t10?,11-,12-,13+;;;;;;/m0....../s1. The van der Waals surface area contributed by atoms with Crippen LogP contribution in [0.25, 0.3) is 0 Å². The maximum atomic E-state index is 12.3. The van der Waals surface area contributed by atoms with E-state index in [1.807, 2.05) is 19.1 Å². The molecule has 1 fully saturated rings. The first-order valence-corrected chi connectivity index (χ1v) is 9.21. The van der Waals surface area contributed by atoms with Crippen LogP contribution < -0.4 is 0 Å². The Kier molecular flexibility index (Phi) is 29.8. The molecule has 0 aliphatic heterocycles. The Labute approximate surface area is 186 Å². The average molecular weight is 588 g/mol. The van der Waals surface area contributed by atoms with Gasteiger partial charge in [0.15, 0.2) is 0 Å². The van der Waals surface area contributed by atoms with Gasteiger partial charge < -0.3 is 0 Å². The molecule has 10 heteroatoms. The third-order valence-electron chi connectivity index (χ3n) is 4.21. The number of hydrogen-bond acceptors (Lipinski definition) is 4. The van der Waals surface area contributed by atoms with Gasteiger partial charge in [-0.15, -0.1) is 0 Å². The number of rotatable bonds is 5. The topological polar surface area (TPSA) is 148 Å². The second-order valence-electron chi connectivity index (χ2n) is 5.25. The van der Waals surface area contributed by atoms with Crippen molar-refractivity contribution in [3.63, 3.8) is 0 Å². The zero-order chi connectivity index (χ0) is 24.7. The van der Waals surface area contributed by atoms with Crippen LogP contribution >= 0.6 is 0 Å². The Morgan fingerprint density at radius 1 is 1.10 bits per heavy atom. The molecule has 1 aromatic rings. The fraction of sp³-hybridized carbons (Fsp3) is 0.450. The normalized spacial score (nSPS) is 20.6. The van der Waals surface area contributed by atoms with E-state index < -0.39 is 0 Å². The van der Waals surface area contributed by atoms with E-state index in [-0.39, 0.29) is 29.5 Å². The van der Waals surface area contributed by atoms with Gasteiger partial charge in [0.25, 0.3) is 0 Å². The Morgan fingerprint density at radius 2 is 1.60 bits per heavy atom. The maximum absolute atomic E-state index is 12.3. The summed E-state index contributed by atoms with van der Waals surface area (Å²) < 4.78 is 54.9. The second-order valence-corrected chi connectivity index (χ2v) is 6.69. The Morgan fingerprint density at radius 3 is 1.97 bits per heavy atom. The molecule has 1 aliphatic carbocycles. The Balaban J connectivity index is -0.000000296. The fourth-order valence-corrected chi connectivity index (χ4v) is 4.29. The monoisotopic (exact) mass is 588 g/mol. The van der Waals surface area contributed by atoms with Gasteiger partial charge in [0, 0.05) is 0 Å². The number of carbonyl (C=O) groups is 1. The van der Waals surface area contributed by atoms with Crippen LogP contribution in [0.15, 0.2) is 22.8 Å². The van der Waals surface area contributed by atoms with Crippen LogP contribution in [0.5, 0.6) is 0 Å². The molecule has 9 nitrogen and oxygen atoms in total. The van der Waals surface area contributed by atoms with E-state index in [0.717, 1.165) is 9.84 Å². The first-order valence-electron chi connectivity index (χ1n) is 7.75. The van der Waals surface area contributed by atoms with E-state index in [1.54, 1.807) is 20.5 Å². The van der Waals surface area contributed by atoms with Gasteiger partial charge >= 0.3 is 186 Å². The molecule has 0 saturated heterocycles. The van der Waals surface area contributed by atoms with Gasteiger partial charge in [-0.1, -0.05) is 0 Å². The third kappa shape index (κ3) is 11.3. The molecular formula is C20H20O9W. The minimum atomic E-state index is -0.00402. The molecule has 1 aliphatic rings. The molecule has 4 atom stereocenters. The summed E-state index contributed by atoms with van der Waals surface area (Å²) in [4.78, 5) is 12.3. The van der Waals surface area contributed by atoms with Gasteiger partial charge in [0.1, 0.15) is 0 Å². The summed E-state index contributed by atoms with van der Waals surface area (Å²) in [6.45, 7) is 25.1. The van der Waals surface area contributed by atoms with Crippen molar-refractivity contribution >= 4 is 9.87 Å². The van der Waals surface area contributed by atoms with Crippen LogP contribution in [-0.2, 0) is 56.9 Å². The SMILES string of the molecule is COC[C@H]1C(C)C(=O)C[C@H](c2ccco2)[C@H]1[C](=[W])OC.[C-]#[O+].[C-]#[O+].[C-]#[O+].[C-]#[O+].[C-]#[O+]. The molecule has 1 unspecified atom stereocenters. The van der Waals surface area contributed by atoms with Crippen LogP contribution in [0.4, 0.5) is 0 Å². The number of Topliss-reactive ketones (excluding diaryl/α,β-unsaturated/α-hetero) is 1. The van der Waals surface area contributed by atoms with Crippen molar-refractivity contribution in [3.8, 4) is 0 Å². The van der Waals surface area contributed by atoms with Crippen molar-refractivity contribution in [1.82, 2.24) is 0 Å². The van der Waals surface area contributed by atoms with Crippen molar-refractivity contribution in [2.24, 2.45) is 17.8 Å². The van der Waals surface area contributed by atoms with Gasteiger partial charge in [-0.05, 0) is 0 Å². The Hall–Kier alpha value is -1.87. The average Bonchev–Trinajstić information content (AvgIpc) is 3.38. The molecule has 0 spiro atoms. The van der Waals surface area contributed by atoms with E-state index >= 15 is 0 Å². The number of carbonyl (C=O) groups excluding carboxylic acids is 1. The molecule has 1 heterocycles. The molecule has 0 N–H and O–H groups in total. The molecule has 160 valence electrons. The van der Waals surface area contributed by atoms with Gasteiger partial charge in [-0.3, -0.25) is 0 Å². The van der Waals surface area contributed by atoms with Crippen molar-refractivity contribution in [2.45, 2.75) is 19.3 Å². The molecule has 1 saturated carbocycles. The summed E-state index contributed by atoms with van der Waals surface area (Å²) in [5.74, 6) is 1.52. The summed E-state index contributed by atoms with van der Waals surface area (Å²) in [5.41, 5.74) is 0. The first-order chi connectivity index (χ1) is 14.6. The molecule has 0 radical (unpaired) electrons. The molecular weight excluding hydrogens is 568 g/mol. The van der Waals surface area contributed by atoms with Gasteiger partial charge in [-0.25, -0.2) is 0 Å². The predicted molar refractivity (Wildman–Crippen MR) is 90.8 cm³/mol. The zero-order valence-corrected chi connectivity index (χ0v) is 19.5. The predicted octanol–water partition coefficient (Wildman–Crippen LogP) is 1.99. The van der Waals surface area contributed by atoms with Crippen molar-refractivity contribution < 1.29 is 61.3 Å². The quantitative estimate of drug-likeness (QED) is 0.382. The van der Waals surface area contributed by atoms with Crippen LogP contribution in [0.2, 0.25) is 0 Å². The van der Waals surface area contributed by atoms with Crippen molar-refractivity contribution in [3.05, 3.63) is 57.4 Å². The number of hydrogen-bond donors (Lipinski definition) is 0. The number of ketones is 1. The molecule has 30 heavy (non-hydrogen) atoms. The van der Waals surface area contributed by atoms with Crippen LogP contribution in [0.3, 0.4) is 0 Å². The first kappa shape index (κ1) is 35.6. The van der Waals surface area contributed by atoms with E-state index in [2.05, 4.69) is 33.3 Å². The summed E-state index contributed by atoms with van der Waals surface area (Å²) in [7, 11) is 3.38.